The Morgan fingerprint density at radius 3 is 2.95 bits per heavy atom. The number of aromatic nitrogens is 1. The van der Waals surface area contributed by atoms with E-state index in [9.17, 15) is 9.18 Å². The summed E-state index contributed by atoms with van der Waals surface area (Å²) in [6.07, 6.45) is 0. The molecule has 0 atom stereocenters. The summed E-state index contributed by atoms with van der Waals surface area (Å²) in [6, 6.07) is 4.03. The van der Waals surface area contributed by atoms with Crippen LogP contribution in [0.4, 0.5) is 9.52 Å². The first kappa shape index (κ1) is 14.2. The maximum absolute atomic E-state index is 13.8. The fraction of sp³-hybridized carbons (Fsp3) is 0.143. The zero-order valence-electron chi connectivity index (χ0n) is 10.6. The van der Waals surface area contributed by atoms with Gasteiger partial charge in [0.15, 0.2) is 5.13 Å². The standard InChI is InChI=1S/C14H11FN2O2S/c1-9-8-20-14(16-9)17-13(19)11-5-4-10(3-2-6-18)7-12(11)15/h4-5,7-8,18H,6H2,1H3,(H,16,17,19). The molecule has 0 fully saturated rings. The molecule has 102 valence electrons. The van der Waals surface area contributed by atoms with Gasteiger partial charge in [-0.05, 0) is 25.1 Å². The average Bonchev–Trinajstić information content (AvgIpc) is 2.81. The van der Waals surface area contributed by atoms with E-state index in [-0.39, 0.29) is 12.2 Å². The van der Waals surface area contributed by atoms with Crippen LogP contribution in [0.25, 0.3) is 0 Å². The van der Waals surface area contributed by atoms with Crippen molar-refractivity contribution in [1.82, 2.24) is 4.98 Å². The van der Waals surface area contributed by atoms with E-state index in [1.807, 2.05) is 0 Å². The van der Waals surface area contributed by atoms with Gasteiger partial charge in [0.25, 0.3) is 5.91 Å². The fourth-order valence-electron chi connectivity index (χ4n) is 1.49. The Bertz CT molecular complexity index is 701. The number of aliphatic hydroxyl groups is 1. The lowest BCUT2D eigenvalue weighted by Crippen LogP contribution is -2.13. The number of rotatable bonds is 2. The van der Waals surface area contributed by atoms with E-state index in [0.29, 0.717) is 10.7 Å². The van der Waals surface area contributed by atoms with E-state index in [4.69, 9.17) is 5.11 Å². The molecule has 0 radical (unpaired) electrons. The highest BCUT2D eigenvalue weighted by Crippen LogP contribution is 2.17. The lowest BCUT2D eigenvalue weighted by Gasteiger charge is -2.03. The molecule has 1 aromatic carbocycles. The van der Waals surface area contributed by atoms with E-state index in [2.05, 4.69) is 22.1 Å². The lowest BCUT2D eigenvalue weighted by molar-refractivity contribution is 0.102. The van der Waals surface area contributed by atoms with Crippen LogP contribution in [0.3, 0.4) is 0 Å². The molecule has 2 aromatic rings. The first-order chi connectivity index (χ1) is 9.60. The predicted molar refractivity (Wildman–Crippen MR) is 75.2 cm³/mol. The van der Waals surface area contributed by atoms with Crippen LogP contribution >= 0.6 is 11.3 Å². The molecule has 0 aliphatic heterocycles. The number of halogens is 1. The van der Waals surface area contributed by atoms with Gasteiger partial charge in [-0.1, -0.05) is 11.8 Å². The monoisotopic (exact) mass is 290 g/mol. The SMILES string of the molecule is Cc1csc(NC(=O)c2ccc(C#CCO)cc2F)n1. The van der Waals surface area contributed by atoms with Crippen LogP contribution in [-0.2, 0) is 0 Å². The van der Waals surface area contributed by atoms with Crippen molar-refractivity contribution in [2.45, 2.75) is 6.92 Å². The normalized spacial score (nSPS) is 9.75. The van der Waals surface area contributed by atoms with Gasteiger partial charge in [-0.2, -0.15) is 0 Å². The number of anilines is 1. The van der Waals surface area contributed by atoms with Gasteiger partial charge in [0.2, 0.25) is 0 Å². The van der Waals surface area contributed by atoms with Crippen LogP contribution in [0.15, 0.2) is 23.6 Å². The van der Waals surface area contributed by atoms with Crippen molar-refractivity contribution in [2.75, 3.05) is 11.9 Å². The molecule has 0 aliphatic rings. The molecule has 2 N–H and O–H groups in total. The number of thiazole rings is 1. The van der Waals surface area contributed by atoms with Gasteiger partial charge in [0.1, 0.15) is 12.4 Å². The van der Waals surface area contributed by atoms with Crippen molar-refractivity contribution in [1.29, 1.82) is 0 Å². The van der Waals surface area contributed by atoms with Crippen LogP contribution in [0.1, 0.15) is 21.6 Å². The third-order valence-corrected chi connectivity index (χ3v) is 3.24. The van der Waals surface area contributed by atoms with Crippen molar-refractivity contribution >= 4 is 22.4 Å². The van der Waals surface area contributed by atoms with Gasteiger partial charge >= 0.3 is 0 Å². The van der Waals surface area contributed by atoms with Crippen LogP contribution in [0.5, 0.6) is 0 Å². The van der Waals surface area contributed by atoms with Crippen LogP contribution in [0.2, 0.25) is 0 Å². The summed E-state index contributed by atoms with van der Waals surface area (Å²) in [6.45, 7) is 1.51. The molecule has 0 unspecified atom stereocenters. The smallest absolute Gasteiger partial charge is 0.260 e. The highest BCUT2D eigenvalue weighted by atomic mass is 32.1. The van der Waals surface area contributed by atoms with Crippen LogP contribution in [0, 0.1) is 24.6 Å². The number of nitrogens with zero attached hydrogens (tertiary/aromatic N) is 1. The molecule has 1 aromatic heterocycles. The number of aryl methyl sites for hydroxylation is 1. The number of benzene rings is 1. The summed E-state index contributed by atoms with van der Waals surface area (Å²) in [4.78, 5) is 16.0. The molecular weight excluding hydrogens is 279 g/mol. The maximum Gasteiger partial charge on any atom is 0.260 e. The third kappa shape index (κ3) is 3.41. The number of carbonyl (C=O) groups excluding carboxylic acids is 1. The number of carbonyl (C=O) groups is 1. The Morgan fingerprint density at radius 1 is 1.55 bits per heavy atom. The van der Waals surface area contributed by atoms with Gasteiger partial charge in [-0.3, -0.25) is 10.1 Å². The first-order valence-corrected chi connectivity index (χ1v) is 6.61. The number of nitrogens with one attached hydrogen (secondary N) is 1. The van der Waals surface area contributed by atoms with Crippen LogP contribution < -0.4 is 5.32 Å². The molecule has 0 saturated heterocycles. The Kier molecular flexibility index (Phi) is 4.45. The minimum Gasteiger partial charge on any atom is -0.384 e. The second kappa shape index (κ2) is 6.28. The maximum atomic E-state index is 13.8. The number of hydrogen-bond acceptors (Lipinski definition) is 4. The topological polar surface area (TPSA) is 62.2 Å². The highest BCUT2D eigenvalue weighted by molar-refractivity contribution is 7.13. The molecule has 1 amide bonds. The molecule has 4 nitrogen and oxygen atoms in total. The minimum absolute atomic E-state index is 0.0765. The number of amides is 1. The van der Waals surface area contributed by atoms with Crippen molar-refractivity contribution in [2.24, 2.45) is 0 Å². The first-order valence-electron chi connectivity index (χ1n) is 5.73. The molecule has 20 heavy (non-hydrogen) atoms. The largest absolute Gasteiger partial charge is 0.384 e. The molecule has 1 heterocycles. The fourth-order valence-corrected chi connectivity index (χ4v) is 2.18. The second-order valence-electron chi connectivity index (χ2n) is 3.90. The molecular formula is C14H11FN2O2S. The lowest BCUT2D eigenvalue weighted by atomic mass is 10.1. The van der Waals surface area contributed by atoms with Crippen molar-refractivity contribution in [3.8, 4) is 11.8 Å². The van der Waals surface area contributed by atoms with Gasteiger partial charge < -0.3 is 5.11 Å². The van der Waals surface area contributed by atoms with E-state index >= 15 is 0 Å². The van der Waals surface area contributed by atoms with E-state index in [1.54, 1.807) is 12.3 Å². The van der Waals surface area contributed by atoms with Crippen LogP contribution in [-0.4, -0.2) is 22.6 Å². The summed E-state index contributed by atoms with van der Waals surface area (Å²) in [5.41, 5.74) is 1.12. The minimum atomic E-state index is -0.666. The molecule has 2 rings (SSSR count). The summed E-state index contributed by atoms with van der Waals surface area (Å²) >= 11 is 1.28. The second-order valence-corrected chi connectivity index (χ2v) is 4.76. The molecule has 0 aliphatic carbocycles. The quantitative estimate of drug-likeness (QED) is 0.833. The van der Waals surface area contributed by atoms with Gasteiger partial charge in [0.05, 0.1) is 11.3 Å². The van der Waals surface area contributed by atoms with Crippen molar-refractivity contribution in [3.63, 3.8) is 0 Å². The van der Waals surface area contributed by atoms with Crippen molar-refractivity contribution in [3.05, 3.63) is 46.2 Å². The molecule has 0 spiro atoms. The third-order valence-electron chi connectivity index (χ3n) is 2.36. The molecule has 0 saturated carbocycles. The summed E-state index contributed by atoms with van der Waals surface area (Å²) in [7, 11) is 0. The Hall–Kier alpha value is -2.23. The zero-order valence-corrected chi connectivity index (χ0v) is 11.4. The summed E-state index contributed by atoms with van der Waals surface area (Å²) < 4.78 is 13.8. The molecule has 0 bridgehead atoms. The van der Waals surface area contributed by atoms with E-state index < -0.39 is 11.7 Å². The van der Waals surface area contributed by atoms with Gasteiger partial charge in [-0.25, -0.2) is 9.37 Å². The van der Waals surface area contributed by atoms with Gasteiger partial charge in [0, 0.05) is 10.9 Å². The summed E-state index contributed by atoms with van der Waals surface area (Å²) in [5.74, 6) is 3.76. The highest BCUT2D eigenvalue weighted by Gasteiger charge is 2.13. The molecule has 6 heteroatoms. The zero-order chi connectivity index (χ0) is 14.5. The number of hydrogen-bond donors (Lipinski definition) is 2. The van der Waals surface area contributed by atoms with Gasteiger partial charge in [-0.15, -0.1) is 11.3 Å². The summed E-state index contributed by atoms with van der Waals surface area (Å²) in [5, 5.41) is 13.3. The Morgan fingerprint density at radius 2 is 2.35 bits per heavy atom. The van der Waals surface area contributed by atoms with E-state index in [0.717, 1.165) is 11.8 Å². The van der Waals surface area contributed by atoms with E-state index in [1.165, 1.54) is 23.5 Å². The van der Waals surface area contributed by atoms with Crippen molar-refractivity contribution < 1.29 is 14.3 Å². The Balaban J connectivity index is 2.18. The predicted octanol–water partition coefficient (Wildman–Crippen LogP) is 2.19. The Labute approximate surface area is 119 Å². The number of aliphatic hydroxyl groups excluding tert-OH is 1. The average molecular weight is 290 g/mol.